The Kier molecular flexibility index (Phi) is 49.5. The fourth-order valence-corrected chi connectivity index (χ4v) is 9.12. The van der Waals surface area contributed by atoms with Gasteiger partial charge in [-0.25, -0.2) is 0 Å². The molecule has 0 heterocycles. The molecule has 0 radical (unpaired) electrons. The van der Waals surface area contributed by atoms with Gasteiger partial charge in [0.2, 0.25) is 0 Å². The van der Waals surface area contributed by atoms with E-state index in [9.17, 15) is 14.4 Å². The summed E-state index contributed by atoms with van der Waals surface area (Å²) < 4.78 is 11.5. The van der Waals surface area contributed by atoms with Gasteiger partial charge in [-0.1, -0.05) is 246 Å². The van der Waals surface area contributed by atoms with E-state index >= 15 is 0 Å². The molecular formula is C57H110O5. The van der Waals surface area contributed by atoms with Gasteiger partial charge in [-0.15, -0.1) is 0 Å². The summed E-state index contributed by atoms with van der Waals surface area (Å²) in [5, 5.41) is 0. The average Bonchev–Trinajstić information content (AvgIpc) is 3.27. The van der Waals surface area contributed by atoms with Crippen LogP contribution in [0.4, 0.5) is 0 Å². The first-order valence-electron chi connectivity index (χ1n) is 28.3. The number of unbranched alkanes of at least 4 members (excludes halogenated alkanes) is 32. The van der Waals surface area contributed by atoms with Crippen LogP contribution in [-0.2, 0) is 23.9 Å². The minimum absolute atomic E-state index is 0.0145. The lowest BCUT2D eigenvalue weighted by Crippen LogP contribution is -2.14. The van der Waals surface area contributed by atoms with Crippen molar-refractivity contribution >= 4 is 17.7 Å². The summed E-state index contributed by atoms with van der Waals surface area (Å²) in [7, 11) is 0. The second-order valence-electron chi connectivity index (χ2n) is 19.8. The third-order valence-corrected chi connectivity index (χ3v) is 13.5. The quantitative estimate of drug-likeness (QED) is 0.0450. The maximum Gasteiger partial charge on any atom is 0.305 e. The van der Waals surface area contributed by atoms with Crippen molar-refractivity contribution in [3.63, 3.8) is 0 Å². The minimum atomic E-state index is 0.0145. The number of hydrogen-bond donors (Lipinski definition) is 0. The Morgan fingerprint density at radius 1 is 0.274 bits per heavy atom. The molecule has 0 amide bonds. The maximum atomic E-state index is 12.4. The van der Waals surface area contributed by atoms with E-state index in [1.54, 1.807) is 0 Å². The molecule has 0 saturated carbocycles. The average molecular weight is 876 g/mol. The fourth-order valence-electron chi connectivity index (χ4n) is 9.12. The van der Waals surface area contributed by atoms with Crippen LogP contribution >= 0.6 is 0 Å². The molecule has 2 atom stereocenters. The Bertz CT molecular complexity index is 860. The van der Waals surface area contributed by atoms with Gasteiger partial charge in [0.25, 0.3) is 0 Å². The number of esters is 2. The highest BCUT2D eigenvalue weighted by Crippen LogP contribution is 2.22. The van der Waals surface area contributed by atoms with Crippen molar-refractivity contribution in [1.29, 1.82) is 0 Å². The summed E-state index contributed by atoms with van der Waals surface area (Å²) in [6, 6.07) is 0. The Morgan fingerprint density at radius 3 is 0.758 bits per heavy atom. The van der Waals surface area contributed by atoms with Gasteiger partial charge in [-0.3, -0.25) is 14.4 Å². The van der Waals surface area contributed by atoms with Gasteiger partial charge in [-0.2, -0.15) is 0 Å². The molecule has 5 nitrogen and oxygen atoms in total. The normalized spacial score (nSPS) is 12.5. The SMILES string of the molecule is CCCCCCCCC(CCCCCC)COC(=O)CCCCCCCCCCCC(=O)CCCCCCCCCCCC(=O)OCC(CCCCCC)CCCCCCCC. The van der Waals surface area contributed by atoms with Crippen molar-refractivity contribution in [2.24, 2.45) is 11.8 Å². The number of hydrogen-bond acceptors (Lipinski definition) is 5. The predicted molar refractivity (Wildman–Crippen MR) is 269 cm³/mol. The van der Waals surface area contributed by atoms with Crippen molar-refractivity contribution < 1.29 is 23.9 Å². The molecule has 62 heavy (non-hydrogen) atoms. The van der Waals surface area contributed by atoms with E-state index in [0.29, 0.717) is 43.7 Å². The summed E-state index contributed by atoms with van der Waals surface area (Å²) in [6.45, 7) is 10.3. The largest absolute Gasteiger partial charge is 0.465 e. The zero-order chi connectivity index (χ0) is 45.2. The van der Waals surface area contributed by atoms with Crippen LogP contribution in [0, 0.1) is 11.8 Å². The third-order valence-electron chi connectivity index (χ3n) is 13.5. The van der Waals surface area contributed by atoms with E-state index in [0.717, 1.165) is 51.4 Å². The summed E-state index contributed by atoms with van der Waals surface area (Å²) >= 11 is 0. The first-order chi connectivity index (χ1) is 30.5. The molecule has 0 aromatic carbocycles. The van der Waals surface area contributed by atoms with E-state index in [1.807, 2.05) is 0 Å². The lowest BCUT2D eigenvalue weighted by Gasteiger charge is -2.17. The second kappa shape index (κ2) is 50.6. The molecule has 0 saturated heterocycles. The van der Waals surface area contributed by atoms with Gasteiger partial charge in [0.1, 0.15) is 5.78 Å². The highest BCUT2D eigenvalue weighted by Gasteiger charge is 2.14. The van der Waals surface area contributed by atoms with Crippen LogP contribution in [0.3, 0.4) is 0 Å². The zero-order valence-corrected chi connectivity index (χ0v) is 42.6. The summed E-state index contributed by atoms with van der Waals surface area (Å²) in [5.74, 6) is 1.59. The number of Topliss-reactive ketones (excluding diaryl/α,β-unsaturated/α-hetero) is 1. The number of rotatable bonds is 52. The Balaban J connectivity index is 3.69. The van der Waals surface area contributed by atoms with E-state index < -0.39 is 0 Å². The van der Waals surface area contributed by atoms with E-state index in [-0.39, 0.29) is 11.9 Å². The Labute approximate surface area is 388 Å². The molecule has 0 N–H and O–H groups in total. The van der Waals surface area contributed by atoms with Crippen LogP contribution < -0.4 is 0 Å². The molecule has 0 fully saturated rings. The van der Waals surface area contributed by atoms with Crippen molar-refractivity contribution in [3.05, 3.63) is 0 Å². The van der Waals surface area contributed by atoms with Crippen molar-refractivity contribution in [2.75, 3.05) is 13.2 Å². The van der Waals surface area contributed by atoms with Crippen LogP contribution in [0.15, 0.2) is 0 Å². The third kappa shape index (κ3) is 46.6. The molecule has 2 unspecified atom stereocenters. The first-order valence-corrected chi connectivity index (χ1v) is 28.3. The Morgan fingerprint density at radius 2 is 0.484 bits per heavy atom. The smallest absolute Gasteiger partial charge is 0.305 e. The van der Waals surface area contributed by atoms with E-state index in [1.165, 1.54) is 231 Å². The predicted octanol–water partition coefficient (Wildman–Crippen LogP) is 18.9. The van der Waals surface area contributed by atoms with Crippen molar-refractivity contribution in [3.8, 4) is 0 Å². The number of ether oxygens (including phenoxy) is 2. The van der Waals surface area contributed by atoms with Crippen LogP contribution in [0.5, 0.6) is 0 Å². The summed E-state index contributed by atoms with van der Waals surface area (Å²) in [6.07, 6.45) is 54.9. The van der Waals surface area contributed by atoms with Gasteiger partial charge in [-0.05, 0) is 63.2 Å². The van der Waals surface area contributed by atoms with Crippen molar-refractivity contribution in [1.82, 2.24) is 0 Å². The highest BCUT2D eigenvalue weighted by atomic mass is 16.5. The molecule has 5 heteroatoms. The maximum absolute atomic E-state index is 12.4. The molecule has 0 spiro atoms. The van der Waals surface area contributed by atoms with Crippen LogP contribution in [0.2, 0.25) is 0 Å². The number of ketones is 1. The fraction of sp³-hybridized carbons (Fsp3) is 0.947. The highest BCUT2D eigenvalue weighted by molar-refractivity contribution is 5.78. The first kappa shape index (κ1) is 60.6. The van der Waals surface area contributed by atoms with Gasteiger partial charge >= 0.3 is 11.9 Å². The second-order valence-corrected chi connectivity index (χ2v) is 19.8. The topological polar surface area (TPSA) is 69.7 Å². The van der Waals surface area contributed by atoms with Gasteiger partial charge in [0.05, 0.1) is 13.2 Å². The molecule has 0 aromatic rings. The molecule has 0 bridgehead atoms. The molecule has 0 aliphatic carbocycles. The van der Waals surface area contributed by atoms with Crippen molar-refractivity contribution in [2.45, 2.75) is 323 Å². The summed E-state index contributed by atoms with van der Waals surface area (Å²) in [4.78, 5) is 37.3. The van der Waals surface area contributed by atoms with Gasteiger partial charge < -0.3 is 9.47 Å². The minimum Gasteiger partial charge on any atom is -0.465 e. The standard InChI is InChI=1S/C57H110O5/c1-5-9-13-17-29-37-45-53(43-35-15-11-7-3)51-61-56(59)49-41-33-27-23-19-21-25-31-39-47-55(58)48-40-32-26-22-20-24-28-34-42-50-57(60)62-52-54(44-36-16-12-8-4)46-38-30-18-14-10-6-2/h53-54H,5-52H2,1-4H3. The van der Waals surface area contributed by atoms with Crippen LogP contribution in [0.1, 0.15) is 323 Å². The molecule has 0 rings (SSSR count). The number of carbonyl (C=O) groups is 3. The molecule has 0 aliphatic rings. The summed E-state index contributed by atoms with van der Waals surface area (Å²) in [5.41, 5.74) is 0. The molecule has 0 aromatic heterocycles. The van der Waals surface area contributed by atoms with E-state index in [2.05, 4.69) is 27.7 Å². The molecule has 368 valence electrons. The molecular weight excluding hydrogens is 765 g/mol. The van der Waals surface area contributed by atoms with E-state index in [4.69, 9.17) is 9.47 Å². The van der Waals surface area contributed by atoms with Gasteiger partial charge in [0, 0.05) is 25.7 Å². The zero-order valence-electron chi connectivity index (χ0n) is 42.6. The molecule has 0 aliphatic heterocycles. The monoisotopic (exact) mass is 875 g/mol. The number of carbonyl (C=O) groups excluding carboxylic acids is 3. The van der Waals surface area contributed by atoms with Gasteiger partial charge in [0.15, 0.2) is 0 Å². The lowest BCUT2D eigenvalue weighted by atomic mass is 9.95. The lowest BCUT2D eigenvalue weighted by molar-refractivity contribution is -0.146. The Hall–Kier alpha value is -1.39. The van der Waals surface area contributed by atoms with Crippen LogP contribution in [0.25, 0.3) is 0 Å². The van der Waals surface area contributed by atoms with Crippen LogP contribution in [-0.4, -0.2) is 30.9 Å².